The summed E-state index contributed by atoms with van der Waals surface area (Å²) < 4.78 is 27.4. The van der Waals surface area contributed by atoms with Gasteiger partial charge >= 0.3 is 5.69 Å². The lowest BCUT2D eigenvalue weighted by atomic mass is 10.1. The average Bonchev–Trinajstić information content (AvgIpc) is 2.33. The second-order valence-electron chi connectivity index (χ2n) is 4.45. The number of aryl methyl sites for hydroxylation is 2. The van der Waals surface area contributed by atoms with E-state index in [0.29, 0.717) is 17.5 Å². The van der Waals surface area contributed by atoms with Gasteiger partial charge in [-0.2, -0.15) is 4.98 Å². The highest BCUT2D eigenvalue weighted by atomic mass is 19.1. The van der Waals surface area contributed by atoms with Gasteiger partial charge in [0.1, 0.15) is 11.6 Å². The maximum Gasteiger partial charge on any atom is 0.348 e. The molecule has 2 aromatic rings. The Hall–Kier alpha value is -2.37. The van der Waals surface area contributed by atoms with Gasteiger partial charge in [-0.15, -0.1) is 0 Å². The van der Waals surface area contributed by atoms with E-state index in [-0.39, 0.29) is 12.1 Å². The first-order valence-electron chi connectivity index (χ1n) is 5.92. The Morgan fingerprint density at radius 1 is 1.25 bits per heavy atom. The monoisotopic (exact) mass is 278 g/mol. The normalized spacial score (nSPS) is 10.6. The number of nitrogens with zero attached hydrogens (tertiary/aromatic N) is 2. The predicted octanol–water partition coefficient (Wildman–Crippen LogP) is 2.02. The molecule has 0 saturated heterocycles. The molecule has 0 bridgehead atoms. The number of carbonyl (C=O) groups excluding carboxylic acids is 1. The zero-order valence-electron chi connectivity index (χ0n) is 11.0. The maximum atomic E-state index is 13.5. The molecule has 1 aromatic heterocycles. The standard InChI is InChI=1S/C14H12F2N2O2/c1-8-5-9(2)18(14(20)17-8)7-13(19)11-4-3-10(15)6-12(11)16/h3-6H,7H2,1-2H3. The third-order valence-corrected chi connectivity index (χ3v) is 2.88. The van der Waals surface area contributed by atoms with Gasteiger partial charge in [0.15, 0.2) is 5.78 Å². The molecule has 0 unspecified atom stereocenters. The van der Waals surface area contributed by atoms with Crippen molar-refractivity contribution in [1.29, 1.82) is 0 Å². The van der Waals surface area contributed by atoms with Crippen LogP contribution in [0.4, 0.5) is 8.78 Å². The molecule has 0 aliphatic carbocycles. The van der Waals surface area contributed by atoms with Gasteiger partial charge in [-0.25, -0.2) is 13.6 Å². The van der Waals surface area contributed by atoms with Gasteiger partial charge in [0.2, 0.25) is 0 Å². The smallest absolute Gasteiger partial charge is 0.292 e. The lowest BCUT2D eigenvalue weighted by Crippen LogP contribution is -2.29. The Kier molecular flexibility index (Phi) is 3.74. The molecule has 0 saturated carbocycles. The van der Waals surface area contributed by atoms with Crippen molar-refractivity contribution < 1.29 is 13.6 Å². The van der Waals surface area contributed by atoms with Gasteiger partial charge in [-0.05, 0) is 32.0 Å². The number of aromatic nitrogens is 2. The van der Waals surface area contributed by atoms with Crippen molar-refractivity contribution in [2.75, 3.05) is 0 Å². The molecule has 4 nitrogen and oxygen atoms in total. The number of rotatable bonds is 3. The first-order chi connectivity index (χ1) is 9.38. The summed E-state index contributed by atoms with van der Waals surface area (Å²) in [6.45, 7) is 2.99. The predicted molar refractivity (Wildman–Crippen MR) is 68.7 cm³/mol. The van der Waals surface area contributed by atoms with Crippen LogP contribution in [0.1, 0.15) is 21.7 Å². The summed E-state index contributed by atoms with van der Waals surface area (Å²) >= 11 is 0. The zero-order valence-corrected chi connectivity index (χ0v) is 11.0. The summed E-state index contributed by atoms with van der Waals surface area (Å²) in [5.41, 5.74) is 0.277. The molecule has 0 aliphatic rings. The first-order valence-corrected chi connectivity index (χ1v) is 5.92. The van der Waals surface area contributed by atoms with E-state index in [1.54, 1.807) is 19.9 Å². The van der Waals surface area contributed by atoms with Gasteiger partial charge in [0.05, 0.1) is 12.1 Å². The minimum absolute atomic E-state index is 0.252. The molecule has 0 aliphatic heterocycles. The molecule has 0 spiro atoms. The lowest BCUT2D eigenvalue weighted by molar-refractivity contribution is 0.0965. The van der Waals surface area contributed by atoms with Crippen LogP contribution in [0.2, 0.25) is 0 Å². The summed E-state index contributed by atoms with van der Waals surface area (Å²) in [6.07, 6.45) is 0. The Bertz CT molecular complexity index is 738. The van der Waals surface area contributed by atoms with E-state index in [1.807, 2.05) is 0 Å². The minimum atomic E-state index is -0.944. The number of halogens is 2. The van der Waals surface area contributed by atoms with Crippen LogP contribution in [0.25, 0.3) is 0 Å². The van der Waals surface area contributed by atoms with E-state index < -0.39 is 23.1 Å². The Labute approximate surface area is 113 Å². The number of hydrogen-bond donors (Lipinski definition) is 0. The van der Waals surface area contributed by atoms with Gasteiger partial charge in [0.25, 0.3) is 0 Å². The quantitative estimate of drug-likeness (QED) is 0.807. The molecule has 1 heterocycles. The van der Waals surface area contributed by atoms with Gasteiger partial charge in [-0.3, -0.25) is 9.36 Å². The zero-order chi connectivity index (χ0) is 14.9. The van der Waals surface area contributed by atoms with Crippen molar-refractivity contribution in [3.05, 3.63) is 63.3 Å². The Morgan fingerprint density at radius 3 is 2.55 bits per heavy atom. The van der Waals surface area contributed by atoms with Crippen LogP contribution in [0, 0.1) is 25.5 Å². The van der Waals surface area contributed by atoms with E-state index in [9.17, 15) is 18.4 Å². The van der Waals surface area contributed by atoms with E-state index >= 15 is 0 Å². The van der Waals surface area contributed by atoms with Crippen LogP contribution in [0.5, 0.6) is 0 Å². The maximum absolute atomic E-state index is 13.5. The summed E-state index contributed by atoms with van der Waals surface area (Å²) in [5, 5.41) is 0. The van der Waals surface area contributed by atoms with Crippen LogP contribution >= 0.6 is 0 Å². The molecule has 1 aromatic carbocycles. The molecule has 104 valence electrons. The number of benzene rings is 1. The van der Waals surface area contributed by atoms with E-state index in [4.69, 9.17) is 0 Å². The molecular formula is C14H12F2N2O2. The van der Waals surface area contributed by atoms with Crippen molar-refractivity contribution in [3.63, 3.8) is 0 Å². The van der Waals surface area contributed by atoms with Crippen molar-refractivity contribution in [1.82, 2.24) is 9.55 Å². The van der Waals surface area contributed by atoms with E-state index in [2.05, 4.69) is 4.98 Å². The number of hydrogen-bond acceptors (Lipinski definition) is 3. The minimum Gasteiger partial charge on any atom is -0.292 e. The second-order valence-corrected chi connectivity index (χ2v) is 4.45. The largest absolute Gasteiger partial charge is 0.348 e. The summed E-state index contributed by atoms with van der Waals surface area (Å²) in [4.78, 5) is 27.4. The molecular weight excluding hydrogens is 266 g/mol. The lowest BCUT2D eigenvalue weighted by Gasteiger charge is -2.09. The van der Waals surface area contributed by atoms with Gasteiger partial charge in [0, 0.05) is 17.5 Å². The van der Waals surface area contributed by atoms with E-state index in [0.717, 1.165) is 16.7 Å². The highest BCUT2D eigenvalue weighted by molar-refractivity contribution is 5.96. The number of carbonyl (C=O) groups is 1. The molecule has 0 atom stereocenters. The third-order valence-electron chi connectivity index (χ3n) is 2.88. The number of Topliss-reactive ketones (excluding diaryl/α,β-unsaturated/α-hetero) is 1. The van der Waals surface area contributed by atoms with Gasteiger partial charge < -0.3 is 0 Å². The first kappa shape index (κ1) is 14.0. The summed E-state index contributed by atoms with van der Waals surface area (Å²) in [7, 11) is 0. The summed E-state index contributed by atoms with van der Waals surface area (Å²) in [5.74, 6) is -2.32. The average molecular weight is 278 g/mol. The SMILES string of the molecule is Cc1cc(C)n(CC(=O)c2ccc(F)cc2F)c(=O)n1. The molecule has 2 rings (SSSR count). The van der Waals surface area contributed by atoms with E-state index in [1.165, 1.54) is 0 Å². The van der Waals surface area contributed by atoms with Crippen LogP contribution in [0.15, 0.2) is 29.1 Å². The van der Waals surface area contributed by atoms with Crippen molar-refractivity contribution >= 4 is 5.78 Å². The van der Waals surface area contributed by atoms with Crippen LogP contribution < -0.4 is 5.69 Å². The molecule has 0 N–H and O–H groups in total. The Balaban J connectivity index is 2.35. The fourth-order valence-electron chi connectivity index (χ4n) is 1.91. The molecule has 0 fully saturated rings. The third kappa shape index (κ3) is 2.79. The highest BCUT2D eigenvalue weighted by Crippen LogP contribution is 2.11. The molecule has 0 amide bonds. The van der Waals surface area contributed by atoms with Crippen molar-refractivity contribution in [2.45, 2.75) is 20.4 Å². The fraction of sp³-hybridized carbons (Fsp3) is 0.214. The van der Waals surface area contributed by atoms with Crippen molar-refractivity contribution in [3.8, 4) is 0 Å². The van der Waals surface area contributed by atoms with Crippen molar-refractivity contribution in [2.24, 2.45) is 0 Å². The van der Waals surface area contributed by atoms with Gasteiger partial charge in [-0.1, -0.05) is 0 Å². The number of ketones is 1. The fourth-order valence-corrected chi connectivity index (χ4v) is 1.91. The summed E-state index contributed by atoms with van der Waals surface area (Å²) in [6, 6.07) is 4.35. The highest BCUT2D eigenvalue weighted by Gasteiger charge is 2.15. The molecule has 6 heteroatoms. The van der Waals surface area contributed by atoms with Crippen LogP contribution in [-0.4, -0.2) is 15.3 Å². The molecule has 0 radical (unpaired) electrons. The second kappa shape index (κ2) is 5.32. The Morgan fingerprint density at radius 2 is 1.95 bits per heavy atom. The van der Waals surface area contributed by atoms with Crippen LogP contribution in [0.3, 0.4) is 0 Å². The van der Waals surface area contributed by atoms with Crippen LogP contribution in [-0.2, 0) is 6.54 Å². The topological polar surface area (TPSA) is 52.0 Å². The molecule has 20 heavy (non-hydrogen) atoms.